The molecule has 0 saturated carbocycles. The Kier molecular flexibility index (Phi) is 5.02. The highest BCUT2D eigenvalue weighted by molar-refractivity contribution is 6.70. The summed E-state index contributed by atoms with van der Waals surface area (Å²) in [5.41, 5.74) is 2.47. The van der Waals surface area contributed by atoms with Crippen LogP contribution in [0.25, 0.3) is 5.76 Å². The van der Waals surface area contributed by atoms with Gasteiger partial charge in [0.05, 0.1) is 0 Å². The minimum absolute atomic E-state index is 0.331. The second-order valence-electron chi connectivity index (χ2n) is 6.31. The molecule has 0 amide bonds. The third-order valence-electron chi connectivity index (χ3n) is 3.20. The molecule has 0 fully saturated rings. The van der Waals surface area contributed by atoms with Gasteiger partial charge in [-0.25, -0.2) is 0 Å². The maximum Gasteiger partial charge on any atom is 0.242 e. The van der Waals surface area contributed by atoms with Gasteiger partial charge in [0.15, 0.2) is 0 Å². The van der Waals surface area contributed by atoms with Crippen LogP contribution in [0.15, 0.2) is 66.7 Å². The van der Waals surface area contributed by atoms with Crippen LogP contribution in [0.2, 0.25) is 19.6 Å². The van der Waals surface area contributed by atoms with E-state index >= 15 is 0 Å². The molecular formula is C19H24OSi. The standard InChI is InChI=1S/C19H24OSi/c1-16(17-11-7-5-8-12-17)15-19(20-21(2,3)4)18-13-9-6-10-14-18/h5-16H,1-4H3/b19-15+. The molecule has 0 saturated heterocycles. The Bertz CT molecular complexity index is 582. The van der Waals surface area contributed by atoms with Crippen molar-refractivity contribution >= 4 is 14.1 Å². The molecule has 0 bridgehead atoms. The van der Waals surface area contributed by atoms with E-state index in [2.05, 4.69) is 87.2 Å². The highest BCUT2D eigenvalue weighted by Gasteiger charge is 2.19. The number of hydrogen-bond donors (Lipinski definition) is 0. The first kappa shape index (κ1) is 15.6. The molecule has 2 aromatic carbocycles. The van der Waals surface area contributed by atoms with Gasteiger partial charge in [0.1, 0.15) is 5.76 Å². The van der Waals surface area contributed by atoms with E-state index in [1.54, 1.807) is 0 Å². The average Bonchev–Trinajstić information content (AvgIpc) is 2.47. The first-order chi connectivity index (χ1) is 9.96. The first-order valence-electron chi connectivity index (χ1n) is 7.47. The SMILES string of the molecule is CC(/C=C(/O[Si](C)(C)C)c1ccccc1)c1ccccc1. The van der Waals surface area contributed by atoms with E-state index in [1.807, 2.05) is 6.07 Å². The van der Waals surface area contributed by atoms with E-state index in [0.29, 0.717) is 5.92 Å². The zero-order chi connectivity index (χ0) is 15.3. The van der Waals surface area contributed by atoms with Gasteiger partial charge in [0.2, 0.25) is 8.32 Å². The molecule has 0 heterocycles. The second kappa shape index (κ2) is 6.77. The Morgan fingerprint density at radius 3 is 1.95 bits per heavy atom. The molecule has 2 heteroatoms. The summed E-state index contributed by atoms with van der Waals surface area (Å²) in [5.74, 6) is 1.34. The molecule has 0 aliphatic rings. The fourth-order valence-electron chi connectivity index (χ4n) is 2.20. The lowest BCUT2D eigenvalue weighted by Crippen LogP contribution is -2.24. The van der Waals surface area contributed by atoms with Crippen molar-refractivity contribution in [3.63, 3.8) is 0 Å². The third-order valence-corrected chi connectivity index (χ3v) is 4.03. The maximum absolute atomic E-state index is 6.32. The van der Waals surface area contributed by atoms with Gasteiger partial charge in [0.25, 0.3) is 0 Å². The molecule has 0 N–H and O–H groups in total. The molecule has 2 aromatic rings. The van der Waals surface area contributed by atoms with Gasteiger partial charge in [-0.15, -0.1) is 0 Å². The molecule has 1 nitrogen and oxygen atoms in total. The number of allylic oxidation sites excluding steroid dienone is 1. The van der Waals surface area contributed by atoms with Crippen molar-refractivity contribution < 1.29 is 4.43 Å². The first-order valence-corrected chi connectivity index (χ1v) is 10.9. The smallest absolute Gasteiger partial charge is 0.242 e. The summed E-state index contributed by atoms with van der Waals surface area (Å²) in [5, 5.41) is 0. The summed E-state index contributed by atoms with van der Waals surface area (Å²) < 4.78 is 6.32. The van der Waals surface area contributed by atoms with Crippen molar-refractivity contribution in [2.75, 3.05) is 0 Å². The maximum atomic E-state index is 6.32. The summed E-state index contributed by atoms with van der Waals surface area (Å²) in [7, 11) is -1.64. The van der Waals surface area contributed by atoms with Crippen LogP contribution in [0.4, 0.5) is 0 Å². The van der Waals surface area contributed by atoms with Crippen molar-refractivity contribution in [2.45, 2.75) is 32.5 Å². The van der Waals surface area contributed by atoms with Gasteiger partial charge in [-0.05, 0) is 31.3 Å². The van der Waals surface area contributed by atoms with Crippen molar-refractivity contribution in [2.24, 2.45) is 0 Å². The fourth-order valence-corrected chi connectivity index (χ4v) is 3.05. The predicted molar refractivity (Wildman–Crippen MR) is 93.7 cm³/mol. The quantitative estimate of drug-likeness (QED) is 0.509. The second-order valence-corrected chi connectivity index (χ2v) is 10.7. The lowest BCUT2D eigenvalue weighted by Gasteiger charge is -2.23. The summed E-state index contributed by atoms with van der Waals surface area (Å²) in [6.07, 6.45) is 2.24. The van der Waals surface area contributed by atoms with E-state index in [-0.39, 0.29) is 0 Å². The lowest BCUT2D eigenvalue weighted by molar-refractivity contribution is 0.511. The Morgan fingerprint density at radius 1 is 0.905 bits per heavy atom. The van der Waals surface area contributed by atoms with Crippen LogP contribution < -0.4 is 0 Å². The van der Waals surface area contributed by atoms with Crippen LogP contribution in [-0.2, 0) is 4.43 Å². The lowest BCUT2D eigenvalue weighted by atomic mass is 9.99. The monoisotopic (exact) mass is 296 g/mol. The van der Waals surface area contributed by atoms with Crippen LogP contribution in [0.3, 0.4) is 0 Å². The average molecular weight is 296 g/mol. The van der Waals surface area contributed by atoms with Gasteiger partial charge < -0.3 is 4.43 Å². The number of rotatable bonds is 5. The molecule has 1 atom stereocenters. The van der Waals surface area contributed by atoms with Gasteiger partial charge in [-0.3, -0.25) is 0 Å². The molecule has 0 spiro atoms. The Labute approximate surface area is 129 Å². The van der Waals surface area contributed by atoms with Crippen molar-refractivity contribution in [1.82, 2.24) is 0 Å². The molecule has 0 radical (unpaired) electrons. The summed E-state index contributed by atoms with van der Waals surface area (Å²) in [4.78, 5) is 0. The van der Waals surface area contributed by atoms with Gasteiger partial charge in [-0.2, -0.15) is 0 Å². The van der Waals surface area contributed by atoms with Gasteiger partial charge >= 0.3 is 0 Å². The van der Waals surface area contributed by atoms with Gasteiger partial charge in [-0.1, -0.05) is 67.6 Å². The summed E-state index contributed by atoms with van der Waals surface area (Å²) in [6.45, 7) is 8.87. The highest BCUT2D eigenvalue weighted by atomic mass is 28.4. The van der Waals surface area contributed by atoms with Crippen molar-refractivity contribution in [1.29, 1.82) is 0 Å². The van der Waals surface area contributed by atoms with E-state index in [4.69, 9.17) is 4.43 Å². The van der Waals surface area contributed by atoms with Crippen LogP contribution in [0, 0.1) is 0 Å². The summed E-state index contributed by atoms with van der Waals surface area (Å²) in [6, 6.07) is 20.9. The third kappa shape index (κ3) is 4.90. The molecule has 21 heavy (non-hydrogen) atoms. The van der Waals surface area contributed by atoms with Crippen LogP contribution in [0.5, 0.6) is 0 Å². The zero-order valence-corrected chi connectivity index (χ0v) is 14.3. The number of benzene rings is 2. The largest absolute Gasteiger partial charge is 0.544 e. The normalized spacial score (nSPS) is 13.8. The Morgan fingerprint density at radius 2 is 1.43 bits per heavy atom. The molecule has 1 unspecified atom stereocenters. The fraction of sp³-hybridized carbons (Fsp3) is 0.263. The van der Waals surface area contributed by atoms with E-state index in [9.17, 15) is 0 Å². The minimum Gasteiger partial charge on any atom is -0.544 e. The van der Waals surface area contributed by atoms with E-state index < -0.39 is 8.32 Å². The van der Waals surface area contributed by atoms with Crippen LogP contribution in [-0.4, -0.2) is 8.32 Å². The van der Waals surface area contributed by atoms with Crippen molar-refractivity contribution in [3.8, 4) is 0 Å². The van der Waals surface area contributed by atoms with Crippen molar-refractivity contribution in [3.05, 3.63) is 77.9 Å². The predicted octanol–water partition coefficient (Wildman–Crippen LogP) is 5.68. The molecule has 0 aliphatic carbocycles. The molecule has 0 aromatic heterocycles. The Balaban J connectivity index is 2.33. The van der Waals surface area contributed by atoms with E-state index in [1.165, 1.54) is 5.56 Å². The van der Waals surface area contributed by atoms with Gasteiger partial charge in [0, 0.05) is 11.5 Å². The molecule has 110 valence electrons. The number of hydrogen-bond acceptors (Lipinski definition) is 1. The minimum atomic E-state index is -1.64. The summed E-state index contributed by atoms with van der Waals surface area (Å²) >= 11 is 0. The Hall–Kier alpha value is -1.80. The molecular weight excluding hydrogens is 272 g/mol. The van der Waals surface area contributed by atoms with E-state index in [0.717, 1.165) is 11.3 Å². The van der Waals surface area contributed by atoms with Crippen LogP contribution in [0.1, 0.15) is 24.0 Å². The zero-order valence-electron chi connectivity index (χ0n) is 13.3. The molecule has 2 rings (SSSR count). The van der Waals surface area contributed by atoms with Crippen LogP contribution >= 0.6 is 0 Å². The highest BCUT2D eigenvalue weighted by Crippen LogP contribution is 2.26. The molecule has 0 aliphatic heterocycles. The topological polar surface area (TPSA) is 9.23 Å².